The van der Waals surface area contributed by atoms with Gasteiger partial charge in [0, 0.05) is 7.85 Å². The lowest BCUT2D eigenvalue weighted by atomic mass is 10.4. The van der Waals surface area contributed by atoms with Crippen LogP contribution in [-0.2, 0) is 0 Å². The summed E-state index contributed by atoms with van der Waals surface area (Å²) in [5.74, 6) is 0. The molecule has 0 heterocycles. The van der Waals surface area contributed by atoms with Crippen molar-refractivity contribution in [3.8, 4) is 0 Å². The van der Waals surface area contributed by atoms with Gasteiger partial charge in [-0.2, -0.15) is 0 Å². The van der Waals surface area contributed by atoms with Crippen LogP contribution in [0.5, 0.6) is 0 Å². The number of halogens is 2. The summed E-state index contributed by atoms with van der Waals surface area (Å²) in [6.07, 6.45) is 4.36. The van der Waals surface area contributed by atoms with Crippen molar-refractivity contribution < 1.29 is 0 Å². The molecular formula is C5H8I2. The average molecular weight is 322 g/mol. The first-order chi connectivity index (χ1) is 3.30. The van der Waals surface area contributed by atoms with Crippen molar-refractivity contribution in [2.75, 3.05) is 0 Å². The van der Waals surface area contributed by atoms with E-state index in [2.05, 4.69) is 45.2 Å². The molecule has 1 fully saturated rings. The fourth-order valence-corrected chi connectivity index (χ4v) is 2.47. The summed E-state index contributed by atoms with van der Waals surface area (Å²) >= 11 is 5.10. The van der Waals surface area contributed by atoms with Crippen LogP contribution >= 0.6 is 45.2 Å². The molecule has 0 aliphatic heterocycles. The highest BCUT2D eigenvalue weighted by molar-refractivity contribution is 14.1. The SMILES string of the molecule is IC1CCCC1I. The third-order valence-electron chi connectivity index (χ3n) is 1.35. The van der Waals surface area contributed by atoms with Gasteiger partial charge in [0.1, 0.15) is 0 Å². The lowest BCUT2D eigenvalue weighted by Crippen LogP contribution is -2.01. The highest BCUT2D eigenvalue weighted by Gasteiger charge is 2.20. The molecule has 42 valence electrons. The molecule has 0 radical (unpaired) electrons. The molecule has 1 rings (SSSR count). The van der Waals surface area contributed by atoms with Crippen LogP contribution in [0.25, 0.3) is 0 Å². The van der Waals surface area contributed by atoms with Crippen LogP contribution in [0.15, 0.2) is 0 Å². The Kier molecular flexibility index (Phi) is 2.67. The van der Waals surface area contributed by atoms with Gasteiger partial charge in [-0.3, -0.25) is 0 Å². The van der Waals surface area contributed by atoms with Crippen LogP contribution < -0.4 is 0 Å². The van der Waals surface area contributed by atoms with Gasteiger partial charge < -0.3 is 0 Å². The van der Waals surface area contributed by atoms with E-state index in [4.69, 9.17) is 0 Å². The average Bonchev–Trinajstić information content (AvgIpc) is 1.91. The van der Waals surface area contributed by atoms with Crippen molar-refractivity contribution >= 4 is 45.2 Å². The molecule has 0 saturated heterocycles. The zero-order valence-electron chi connectivity index (χ0n) is 4.03. The second-order valence-corrected chi connectivity index (χ2v) is 5.16. The molecule has 0 aromatic heterocycles. The van der Waals surface area contributed by atoms with Crippen molar-refractivity contribution in [1.29, 1.82) is 0 Å². The molecule has 0 bridgehead atoms. The van der Waals surface area contributed by atoms with Crippen LogP contribution in [0.4, 0.5) is 0 Å². The highest BCUT2D eigenvalue weighted by Crippen LogP contribution is 2.31. The van der Waals surface area contributed by atoms with Crippen molar-refractivity contribution in [1.82, 2.24) is 0 Å². The molecule has 0 amide bonds. The zero-order chi connectivity index (χ0) is 5.28. The summed E-state index contributed by atoms with van der Waals surface area (Å²) in [6, 6.07) is 0. The summed E-state index contributed by atoms with van der Waals surface area (Å²) in [4.78, 5) is 0. The molecule has 7 heavy (non-hydrogen) atoms. The molecule has 0 spiro atoms. The van der Waals surface area contributed by atoms with Crippen LogP contribution in [0.1, 0.15) is 19.3 Å². The van der Waals surface area contributed by atoms with Gasteiger partial charge in [0.25, 0.3) is 0 Å². The van der Waals surface area contributed by atoms with Gasteiger partial charge in [0.15, 0.2) is 0 Å². The first-order valence-electron chi connectivity index (χ1n) is 2.59. The van der Waals surface area contributed by atoms with E-state index < -0.39 is 0 Å². The number of alkyl halides is 2. The summed E-state index contributed by atoms with van der Waals surface area (Å²) < 4.78 is 1.94. The molecule has 0 N–H and O–H groups in total. The molecular weight excluding hydrogens is 314 g/mol. The Morgan fingerprint density at radius 1 is 1.00 bits per heavy atom. The maximum absolute atomic E-state index is 2.55. The molecule has 0 aromatic rings. The highest BCUT2D eigenvalue weighted by atomic mass is 127. The molecule has 2 unspecified atom stereocenters. The van der Waals surface area contributed by atoms with E-state index in [1.165, 1.54) is 19.3 Å². The quantitative estimate of drug-likeness (QED) is 0.475. The van der Waals surface area contributed by atoms with Crippen molar-refractivity contribution in [3.05, 3.63) is 0 Å². The van der Waals surface area contributed by atoms with Crippen molar-refractivity contribution in [2.45, 2.75) is 27.1 Å². The first kappa shape index (κ1) is 6.58. The second-order valence-electron chi connectivity index (χ2n) is 1.96. The van der Waals surface area contributed by atoms with Crippen LogP contribution in [0, 0.1) is 0 Å². The predicted octanol–water partition coefficient (Wildman–Crippen LogP) is 2.78. The number of hydrogen-bond donors (Lipinski definition) is 0. The summed E-state index contributed by atoms with van der Waals surface area (Å²) in [6.45, 7) is 0. The molecule has 1 aliphatic rings. The fourth-order valence-electron chi connectivity index (χ4n) is 0.870. The van der Waals surface area contributed by atoms with E-state index in [0.29, 0.717) is 0 Å². The number of rotatable bonds is 0. The maximum Gasteiger partial charge on any atom is 0.0227 e. The van der Waals surface area contributed by atoms with E-state index in [9.17, 15) is 0 Å². The predicted molar refractivity (Wildman–Crippen MR) is 49.5 cm³/mol. The van der Waals surface area contributed by atoms with Gasteiger partial charge in [-0.05, 0) is 12.8 Å². The lowest BCUT2D eigenvalue weighted by Gasteiger charge is -2.00. The van der Waals surface area contributed by atoms with Crippen LogP contribution in [-0.4, -0.2) is 7.85 Å². The summed E-state index contributed by atoms with van der Waals surface area (Å²) in [7, 11) is 0. The number of hydrogen-bond acceptors (Lipinski definition) is 0. The van der Waals surface area contributed by atoms with E-state index in [0.717, 1.165) is 7.85 Å². The Bertz CT molecular complexity index is 55.1. The molecule has 1 saturated carbocycles. The van der Waals surface area contributed by atoms with Crippen LogP contribution in [0.3, 0.4) is 0 Å². The van der Waals surface area contributed by atoms with E-state index >= 15 is 0 Å². The maximum atomic E-state index is 2.55. The third-order valence-corrected chi connectivity index (χ3v) is 5.71. The van der Waals surface area contributed by atoms with E-state index in [-0.39, 0.29) is 0 Å². The van der Waals surface area contributed by atoms with Crippen molar-refractivity contribution in [2.24, 2.45) is 0 Å². The largest absolute Gasteiger partial charge is 0.0815 e. The molecule has 2 atom stereocenters. The molecule has 0 aromatic carbocycles. The third kappa shape index (κ3) is 1.69. The van der Waals surface area contributed by atoms with Gasteiger partial charge in [0.05, 0.1) is 0 Å². The Morgan fingerprint density at radius 3 is 1.57 bits per heavy atom. The standard InChI is InChI=1S/C5H8I2/c6-4-2-1-3-5(4)7/h4-5H,1-3H2. The molecule has 1 aliphatic carbocycles. The van der Waals surface area contributed by atoms with Crippen molar-refractivity contribution in [3.63, 3.8) is 0 Å². The second kappa shape index (κ2) is 2.85. The molecule has 0 nitrogen and oxygen atoms in total. The first-order valence-corrected chi connectivity index (χ1v) is 5.08. The monoisotopic (exact) mass is 322 g/mol. The van der Waals surface area contributed by atoms with Gasteiger partial charge in [-0.25, -0.2) is 0 Å². The normalized spacial score (nSPS) is 42.0. The van der Waals surface area contributed by atoms with Gasteiger partial charge in [0.2, 0.25) is 0 Å². The topological polar surface area (TPSA) is 0 Å². The Hall–Kier alpha value is 1.46. The van der Waals surface area contributed by atoms with Gasteiger partial charge in [-0.1, -0.05) is 51.6 Å². The Balaban J connectivity index is 2.33. The van der Waals surface area contributed by atoms with Gasteiger partial charge >= 0.3 is 0 Å². The smallest absolute Gasteiger partial charge is 0.0227 e. The summed E-state index contributed by atoms with van der Waals surface area (Å²) in [5, 5.41) is 0. The Labute approximate surface area is 71.7 Å². The van der Waals surface area contributed by atoms with Crippen LogP contribution in [0.2, 0.25) is 0 Å². The summed E-state index contributed by atoms with van der Waals surface area (Å²) in [5.41, 5.74) is 0. The van der Waals surface area contributed by atoms with E-state index in [1.54, 1.807) is 0 Å². The molecule has 2 heteroatoms. The minimum Gasteiger partial charge on any atom is -0.0815 e. The Morgan fingerprint density at radius 2 is 1.43 bits per heavy atom. The fraction of sp³-hybridized carbons (Fsp3) is 1.00. The zero-order valence-corrected chi connectivity index (χ0v) is 8.35. The van der Waals surface area contributed by atoms with Gasteiger partial charge in [-0.15, -0.1) is 0 Å². The van der Waals surface area contributed by atoms with E-state index in [1.807, 2.05) is 0 Å². The lowest BCUT2D eigenvalue weighted by molar-refractivity contribution is 0.897. The minimum atomic E-state index is 0.971. The minimum absolute atomic E-state index is 0.971.